The number of unbranched alkanes of at least 4 members (excludes halogenated alkanes) is 4. The quantitative estimate of drug-likeness (QED) is 0.0128. The molecule has 4 aromatic rings. The molecule has 0 amide bonds. The zero-order chi connectivity index (χ0) is 59.6. The largest absolute Gasteiger partial charge is 0.489 e. The van der Waals surface area contributed by atoms with Gasteiger partial charge in [0.2, 0.25) is 0 Å². The summed E-state index contributed by atoms with van der Waals surface area (Å²) in [7, 11) is 1.22. The zero-order valence-corrected chi connectivity index (χ0v) is 50.1. The molecule has 14 heteroatoms. The third-order valence-corrected chi connectivity index (χ3v) is 13.9. The van der Waals surface area contributed by atoms with Gasteiger partial charge in [-0.3, -0.25) is 9.59 Å². The Kier molecular flexibility index (Phi) is 27.3. The van der Waals surface area contributed by atoms with E-state index in [1.165, 1.54) is 7.11 Å². The second-order valence-corrected chi connectivity index (χ2v) is 21.2. The van der Waals surface area contributed by atoms with E-state index in [4.69, 9.17) is 42.6 Å². The van der Waals surface area contributed by atoms with Gasteiger partial charge in [-0.2, -0.15) is 0 Å². The van der Waals surface area contributed by atoms with Crippen molar-refractivity contribution in [3.8, 4) is 23.0 Å². The fraction of sp³-hybridized carbons (Fsp3) is 0.485. The van der Waals surface area contributed by atoms with Crippen LogP contribution in [-0.2, 0) is 99.0 Å². The lowest BCUT2D eigenvalue weighted by molar-refractivity contribution is -0.153. The molecule has 4 aromatic carbocycles. The average molecular weight is 1130 g/mol. The topological polar surface area (TPSA) is 168 Å². The third kappa shape index (κ3) is 20.6. The fourth-order valence-corrected chi connectivity index (χ4v) is 9.76. The Labute approximate surface area is 486 Å². The lowest BCUT2D eigenvalue weighted by atomic mass is 9.87. The van der Waals surface area contributed by atoms with Crippen molar-refractivity contribution >= 4 is 29.8 Å². The first-order valence-corrected chi connectivity index (χ1v) is 29.3. The van der Waals surface area contributed by atoms with Gasteiger partial charge in [0.1, 0.15) is 82.3 Å². The summed E-state index contributed by atoms with van der Waals surface area (Å²) < 4.78 is 54.6. The fourth-order valence-electron chi connectivity index (χ4n) is 9.76. The Morgan fingerprint density at radius 2 is 0.598 bits per heavy atom. The summed E-state index contributed by atoms with van der Waals surface area (Å²) in [5.74, 6) is -0.427. The number of hydrogen-bond donors (Lipinski definition) is 0. The van der Waals surface area contributed by atoms with Gasteiger partial charge in [0.25, 0.3) is 0 Å². The molecular weight excluding hydrogens is 1040 g/mol. The van der Waals surface area contributed by atoms with Crippen LogP contribution in [0.5, 0.6) is 23.0 Å². The first-order chi connectivity index (χ1) is 39.5. The third-order valence-electron chi connectivity index (χ3n) is 13.9. The number of aryl methyl sites for hydroxylation is 4. The van der Waals surface area contributed by atoms with E-state index in [0.29, 0.717) is 48.7 Å². The summed E-state index contributed by atoms with van der Waals surface area (Å²) in [6, 6.07) is 17.7. The van der Waals surface area contributed by atoms with E-state index in [-0.39, 0.29) is 69.6 Å². The van der Waals surface area contributed by atoms with Crippen molar-refractivity contribution in [2.24, 2.45) is 0 Å². The SMILES string of the molecule is C=C(C)C(=O)OCCOc1c2cc(CCCC)cc1Cc1cc(CCCC)cc(c1OCCOC(=O)C(=C)C)Cc1cc(CCCC)cc(c1OCCOC(=O)C(=C)C)Cc1cc(CCCC)cc(c1OCCOC(=O)CC(=O)OC)C2. The minimum Gasteiger partial charge on any atom is -0.489 e. The minimum absolute atomic E-state index is 0.0116. The number of benzene rings is 4. The van der Waals surface area contributed by atoms with E-state index in [1.54, 1.807) is 20.8 Å². The second kappa shape index (κ2) is 34.2. The standard InChI is InChI=1S/C68H88O14/c1-12-16-20-48-32-52-40-54-34-49(21-17-13-2)36-56(63(54)77-26-29-80-66(71)45(5)6)42-58-38-51(23-19-15-4)39-59(65(58)79-28-31-82-68(73)47(9)10)43-57-37-50(22-18-14-3)35-55(64(57)78-27-30-81-67(72)46(7)8)41-53(33-48)62(52)76-25-24-75-61(70)44-60(69)74-11/h32-39H,5,7,9,12-31,40-44H2,1-4,6,8,10-11H3. The maximum Gasteiger partial charge on any atom is 0.333 e. The van der Waals surface area contributed by atoms with Crippen LogP contribution in [0.1, 0.15) is 173 Å². The molecule has 1 aliphatic carbocycles. The summed E-state index contributed by atoms with van der Waals surface area (Å²) in [4.78, 5) is 62.8. The van der Waals surface area contributed by atoms with E-state index in [0.717, 1.165) is 144 Å². The number of fused-ring (bicyclic) bond motifs is 8. The molecule has 0 N–H and O–H groups in total. The van der Waals surface area contributed by atoms with Gasteiger partial charge in [-0.1, -0.05) is 122 Å². The summed E-state index contributed by atoms with van der Waals surface area (Å²) >= 11 is 0. The number of methoxy groups -OCH3 is 1. The Balaban J connectivity index is 1.90. The molecule has 0 fully saturated rings. The first-order valence-electron chi connectivity index (χ1n) is 29.3. The highest BCUT2D eigenvalue weighted by atomic mass is 16.6. The van der Waals surface area contributed by atoms with Crippen LogP contribution < -0.4 is 18.9 Å². The Morgan fingerprint density at radius 3 is 0.805 bits per heavy atom. The lowest BCUT2D eigenvalue weighted by Crippen LogP contribution is -2.17. The molecular formula is C68H88O14. The molecule has 444 valence electrons. The molecule has 1 aliphatic rings. The van der Waals surface area contributed by atoms with Gasteiger partial charge in [-0.25, -0.2) is 14.4 Å². The number of carbonyl (C=O) groups is 5. The number of ether oxygens (including phenoxy) is 9. The van der Waals surface area contributed by atoms with Crippen LogP contribution in [0.25, 0.3) is 0 Å². The maximum absolute atomic E-state index is 12.7. The lowest BCUT2D eigenvalue weighted by Gasteiger charge is -2.25. The monoisotopic (exact) mass is 1130 g/mol. The van der Waals surface area contributed by atoms with Gasteiger partial charge < -0.3 is 42.6 Å². The molecule has 8 bridgehead atoms. The maximum atomic E-state index is 12.7. The predicted octanol–water partition coefficient (Wildman–Crippen LogP) is 12.7. The van der Waals surface area contributed by atoms with E-state index in [1.807, 2.05) is 0 Å². The van der Waals surface area contributed by atoms with Gasteiger partial charge in [0, 0.05) is 42.4 Å². The smallest absolute Gasteiger partial charge is 0.333 e. The summed E-state index contributed by atoms with van der Waals surface area (Å²) in [5.41, 5.74) is 12.5. The molecule has 0 saturated heterocycles. The van der Waals surface area contributed by atoms with Crippen molar-refractivity contribution in [3.63, 3.8) is 0 Å². The minimum atomic E-state index is -0.728. The molecule has 82 heavy (non-hydrogen) atoms. The Morgan fingerprint density at radius 1 is 0.366 bits per heavy atom. The predicted molar refractivity (Wildman–Crippen MR) is 318 cm³/mol. The van der Waals surface area contributed by atoms with E-state index >= 15 is 0 Å². The summed E-state index contributed by atoms with van der Waals surface area (Å²) in [6.45, 7) is 24.8. The van der Waals surface area contributed by atoms with Crippen LogP contribution in [-0.4, -0.2) is 89.8 Å². The molecule has 0 radical (unpaired) electrons. The molecule has 5 rings (SSSR count). The van der Waals surface area contributed by atoms with Crippen LogP contribution in [0.4, 0.5) is 0 Å². The van der Waals surface area contributed by atoms with Gasteiger partial charge in [0.05, 0.1) is 7.11 Å². The van der Waals surface area contributed by atoms with Crippen molar-refractivity contribution in [1.82, 2.24) is 0 Å². The van der Waals surface area contributed by atoms with Crippen molar-refractivity contribution in [1.29, 1.82) is 0 Å². The van der Waals surface area contributed by atoms with Crippen LogP contribution >= 0.6 is 0 Å². The van der Waals surface area contributed by atoms with E-state index in [9.17, 15) is 24.0 Å². The van der Waals surface area contributed by atoms with Crippen LogP contribution in [0.2, 0.25) is 0 Å². The van der Waals surface area contributed by atoms with Gasteiger partial charge in [-0.15, -0.1) is 0 Å². The van der Waals surface area contributed by atoms with Crippen LogP contribution in [0.3, 0.4) is 0 Å². The number of esters is 5. The average Bonchev–Trinajstić information content (AvgIpc) is 3.59. The molecule has 0 atom stereocenters. The van der Waals surface area contributed by atoms with Crippen LogP contribution in [0, 0.1) is 0 Å². The summed E-state index contributed by atoms with van der Waals surface area (Å²) in [5, 5.41) is 0. The molecule has 14 nitrogen and oxygen atoms in total. The second-order valence-electron chi connectivity index (χ2n) is 21.2. The Hall–Kier alpha value is -7.35. The van der Waals surface area contributed by atoms with Gasteiger partial charge in [-0.05, 0) is 139 Å². The van der Waals surface area contributed by atoms with Gasteiger partial charge >= 0.3 is 29.8 Å². The molecule has 0 spiro atoms. The highest BCUT2D eigenvalue weighted by Crippen LogP contribution is 2.42. The van der Waals surface area contributed by atoms with Crippen molar-refractivity contribution in [2.75, 3.05) is 60.0 Å². The Bertz CT molecular complexity index is 2730. The molecule has 0 heterocycles. The highest BCUT2D eigenvalue weighted by Gasteiger charge is 2.26. The van der Waals surface area contributed by atoms with Gasteiger partial charge in [0.15, 0.2) is 0 Å². The molecule has 0 unspecified atom stereocenters. The van der Waals surface area contributed by atoms with Crippen molar-refractivity contribution in [2.45, 2.75) is 158 Å². The van der Waals surface area contributed by atoms with Crippen molar-refractivity contribution in [3.05, 3.63) is 152 Å². The molecule has 0 aliphatic heterocycles. The number of rotatable bonds is 33. The first kappa shape index (κ1) is 65.5. The number of carbonyl (C=O) groups excluding carboxylic acids is 5. The van der Waals surface area contributed by atoms with E-state index in [2.05, 4.69) is 96.0 Å². The molecule has 0 saturated carbocycles. The zero-order valence-electron chi connectivity index (χ0n) is 50.1. The molecule has 0 aromatic heterocycles. The normalized spacial score (nSPS) is 11.7. The van der Waals surface area contributed by atoms with Crippen LogP contribution in [0.15, 0.2) is 85.0 Å². The van der Waals surface area contributed by atoms with Crippen molar-refractivity contribution < 1.29 is 66.6 Å². The highest BCUT2D eigenvalue weighted by molar-refractivity contribution is 5.91. The van der Waals surface area contributed by atoms with E-state index < -0.39 is 36.3 Å². The summed E-state index contributed by atoms with van der Waals surface area (Å²) in [6.07, 6.45) is 11.9. The number of hydrogen-bond acceptors (Lipinski definition) is 14.